The Labute approximate surface area is 546 Å². The van der Waals surface area contributed by atoms with Gasteiger partial charge in [-0.25, -0.2) is 0 Å². The van der Waals surface area contributed by atoms with Crippen LogP contribution in [0, 0.1) is 0 Å². The highest BCUT2D eigenvalue weighted by Crippen LogP contribution is 2.74. The van der Waals surface area contributed by atoms with Crippen molar-refractivity contribution in [3.05, 3.63) is 291 Å². The molecule has 0 unspecified atom stereocenters. The summed E-state index contributed by atoms with van der Waals surface area (Å²) >= 11 is 0. The van der Waals surface area contributed by atoms with Crippen LogP contribution < -0.4 is 57.5 Å². The first-order chi connectivity index (χ1) is 45.7. The van der Waals surface area contributed by atoms with Crippen LogP contribution >= 0.6 is 10.0 Å². The van der Waals surface area contributed by atoms with Crippen LogP contribution in [0.4, 0.5) is 68.2 Å². The van der Waals surface area contributed by atoms with Crippen LogP contribution in [0.5, 0.6) is 46.0 Å². The van der Waals surface area contributed by atoms with Crippen molar-refractivity contribution >= 4 is 78.3 Å². The van der Waals surface area contributed by atoms with Gasteiger partial charge in [0.2, 0.25) is 0 Å². The lowest BCUT2D eigenvalue weighted by molar-refractivity contribution is 0.414. The highest BCUT2D eigenvalue weighted by atomic mass is 32.3. The molecular weight excluding hydrogens is 1180 g/mol. The quantitative estimate of drug-likeness (QED) is 0.0577. The molecule has 0 fully saturated rings. The summed E-state index contributed by atoms with van der Waals surface area (Å²) in [6, 6.07) is 102. The number of ether oxygens (including phenoxy) is 8. The van der Waals surface area contributed by atoms with Crippen molar-refractivity contribution in [2.45, 2.75) is 19.6 Å². The standard InChI is InChI=1S/C80H72N4O8S/c1-85-69-33-9-57(10-34-69)81(58-11-35-70(86-2)36-12-58)65-25-49-77(50-26-65)93(78-51-27-66(28-52-78)82(59-13-37-71(87-3)38-14-59)60-15-39-72(88-4)40-16-60,79-53-29-67(30-54-79)83(61-17-41-73(89-5)42-18-61)62-19-43-74(90-6)44-20-62)80-55-31-68(32-56-80)84(63-21-45-75(91-7)46-22-63)64-23-47-76(92-8)48-24-64/h9-56H,1-8H3. The summed E-state index contributed by atoms with van der Waals surface area (Å²) in [5.41, 5.74) is 11.5. The highest BCUT2D eigenvalue weighted by molar-refractivity contribution is 8.34. The van der Waals surface area contributed by atoms with Crippen LogP contribution in [-0.4, -0.2) is 56.9 Å². The van der Waals surface area contributed by atoms with Gasteiger partial charge in [-0.1, -0.05) is 0 Å². The van der Waals surface area contributed by atoms with Gasteiger partial charge in [0.15, 0.2) is 0 Å². The first-order valence-corrected chi connectivity index (χ1v) is 31.9. The molecule has 0 N–H and O–H groups in total. The third kappa shape index (κ3) is 12.9. The minimum atomic E-state index is -2.48. The second-order valence-electron chi connectivity index (χ2n) is 21.5. The van der Waals surface area contributed by atoms with Gasteiger partial charge in [0.1, 0.15) is 46.0 Å². The van der Waals surface area contributed by atoms with Crippen LogP contribution in [0.25, 0.3) is 0 Å². The maximum absolute atomic E-state index is 5.65. The largest absolute Gasteiger partial charge is 0.497 e. The lowest BCUT2D eigenvalue weighted by Crippen LogP contribution is -2.12. The normalized spacial score (nSPS) is 11.2. The molecule has 0 atom stereocenters. The minimum absolute atomic E-state index is 0.767. The van der Waals surface area contributed by atoms with Gasteiger partial charge in [-0.15, -0.1) is 10.0 Å². The van der Waals surface area contributed by atoms with Crippen molar-refractivity contribution in [2.24, 2.45) is 0 Å². The average Bonchev–Trinajstić information content (AvgIpc) is 0.751. The summed E-state index contributed by atoms with van der Waals surface area (Å²) in [6.45, 7) is 0. The molecule has 0 heterocycles. The van der Waals surface area contributed by atoms with E-state index < -0.39 is 10.0 Å². The molecule has 12 aromatic rings. The lowest BCUT2D eigenvalue weighted by atomic mass is 10.2. The molecule has 0 aliphatic heterocycles. The highest BCUT2D eigenvalue weighted by Gasteiger charge is 2.35. The molecule has 93 heavy (non-hydrogen) atoms. The van der Waals surface area contributed by atoms with Crippen LogP contribution in [-0.2, 0) is 0 Å². The van der Waals surface area contributed by atoms with Crippen molar-refractivity contribution in [3.63, 3.8) is 0 Å². The number of nitrogens with zero attached hydrogens (tertiary/aromatic N) is 4. The summed E-state index contributed by atoms with van der Waals surface area (Å²) in [4.78, 5) is 13.4. The Morgan fingerprint density at radius 3 is 0.344 bits per heavy atom. The zero-order chi connectivity index (χ0) is 64.3. The van der Waals surface area contributed by atoms with E-state index in [1.54, 1.807) is 56.9 Å². The van der Waals surface area contributed by atoms with Crippen LogP contribution in [0.2, 0.25) is 0 Å². The number of benzene rings is 12. The van der Waals surface area contributed by atoms with Gasteiger partial charge in [0.25, 0.3) is 0 Å². The molecule has 0 aliphatic rings. The van der Waals surface area contributed by atoms with E-state index in [1.807, 2.05) is 97.1 Å². The Morgan fingerprint density at radius 1 is 0.151 bits per heavy atom. The monoisotopic (exact) mass is 1250 g/mol. The van der Waals surface area contributed by atoms with Crippen molar-refractivity contribution in [1.82, 2.24) is 0 Å². The maximum atomic E-state index is 5.65. The minimum Gasteiger partial charge on any atom is -0.497 e. The molecule has 0 aromatic heterocycles. The van der Waals surface area contributed by atoms with Gasteiger partial charge in [0, 0.05) is 87.8 Å². The van der Waals surface area contributed by atoms with Gasteiger partial charge in [-0.3, -0.25) is 0 Å². The molecule has 0 aliphatic carbocycles. The van der Waals surface area contributed by atoms with E-state index in [2.05, 4.69) is 214 Å². The average molecular weight is 1250 g/mol. The molecule has 0 saturated heterocycles. The van der Waals surface area contributed by atoms with Gasteiger partial charge in [-0.2, -0.15) is 0 Å². The molecule has 0 amide bonds. The first kappa shape index (κ1) is 61.8. The summed E-state index contributed by atoms with van der Waals surface area (Å²) in [5, 5.41) is 0. The molecule has 0 radical (unpaired) electrons. The molecule has 0 spiro atoms. The van der Waals surface area contributed by atoms with Crippen molar-refractivity contribution in [2.75, 3.05) is 76.5 Å². The maximum Gasteiger partial charge on any atom is 0.119 e. The van der Waals surface area contributed by atoms with E-state index >= 15 is 0 Å². The Bertz CT molecular complexity index is 3590. The molecule has 0 bridgehead atoms. The van der Waals surface area contributed by atoms with Gasteiger partial charge < -0.3 is 57.5 Å². The number of anilines is 12. The summed E-state index contributed by atoms with van der Waals surface area (Å²) < 4.78 is 45.2. The number of hydrogen-bond acceptors (Lipinski definition) is 12. The molecular formula is C80H72N4O8S. The third-order valence-electron chi connectivity index (χ3n) is 16.4. The Kier molecular flexibility index (Phi) is 18.7. The van der Waals surface area contributed by atoms with Gasteiger partial charge >= 0.3 is 0 Å². The molecule has 0 saturated carbocycles. The van der Waals surface area contributed by atoms with Gasteiger partial charge in [-0.05, 0) is 291 Å². The fourth-order valence-corrected chi connectivity index (χ4v) is 15.5. The zero-order valence-corrected chi connectivity index (χ0v) is 54.0. The number of methoxy groups -OCH3 is 8. The van der Waals surface area contributed by atoms with Crippen LogP contribution in [0.3, 0.4) is 0 Å². The van der Waals surface area contributed by atoms with E-state index in [-0.39, 0.29) is 0 Å². The SMILES string of the molecule is COc1ccc(N(c2ccc(OC)cc2)c2ccc(S(c3ccc(N(c4ccc(OC)cc4)c4ccc(OC)cc4)cc3)(c3ccc(N(c4ccc(OC)cc4)c4ccc(OC)cc4)cc3)c3ccc(N(c4ccc(OC)cc4)c4ccc(OC)cc4)cc3)cc2)cc1. The van der Waals surface area contributed by atoms with E-state index in [4.69, 9.17) is 37.9 Å². The lowest BCUT2D eigenvalue weighted by Gasteiger charge is -2.43. The van der Waals surface area contributed by atoms with Crippen LogP contribution in [0.1, 0.15) is 0 Å². The molecule has 12 nitrogen and oxygen atoms in total. The molecule has 13 heteroatoms. The Hall–Kier alpha value is -11.4. The number of hydrogen-bond donors (Lipinski definition) is 0. The van der Waals surface area contributed by atoms with Crippen molar-refractivity contribution in [3.8, 4) is 46.0 Å². The van der Waals surface area contributed by atoms with Crippen molar-refractivity contribution < 1.29 is 37.9 Å². The topological polar surface area (TPSA) is 86.8 Å². The van der Waals surface area contributed by atoms with Crippen LogP contribution in [0.15, 0.2) is 311 Å². The molecule has 12 rings (SSSR count). The molecule has 12 aromatic carbocycles. The summed E-state index contributed by atoms with van der Waals surface area (Å²) in [6.07, 6.45) is 0. The number of rotatable bonds is 24. The fourth-order valence-electron chi connectivity index (χ4n) is 11.7. The Balaban J connectivity index is 1.10. The third-order valence-corrected chi connectivity index (χ3v) is 20.4. The predicted octanol–water partition coefficient (Wildman–Crippen LogP) is 21.0. The fraction of sp³-hybridized carbons (Fsp3) is 0.100. The van der Waals surface area contributed by atoms with E-state index in [0.29, 0.717) is 0 Å². The van der Waals surface area contributed by atoms with Crippen molar-refractivity contribution in [1.29, 1.82) is 0 Å². The Morgan fingerprint density at radius 2 is 0.247 bits per heavy atom. The second-order valence-corrected chi connectivity index (χ2v) is 24.6. The summed E-state index contributed by atoms with van der Waals surface area (Å²) in [7, 11) is 11.0. The zero-order valence-electron chi connectivity index (χ0n) is 53.2. The van der Waals surface area contributed by atoms with E-state index in [9.17, 15) is 0 Å². The summed E-state index contributed by atoms with van der Waals surface area (Å²) in [5.74, 6) is 6.14. The van der Waals surface area contributed by atoms with Gasteiger partial charge in [0.05, 0.1) is 56.9 Å². The van der Waals surface area contributed by atoms with E-state index in [0.717, 1.165) is 134 Å². The van der Waals surface area contributed by atoms with E-state index in [1.165, 1.54) is 0 Å². The smallest absolute Gasteiger partial charge is 0.119 e. The predicted molar refractivity (Wildman–Crippen MR) is 378 cm³/mol. The first-order valence-electron chi connectivity index (χ1n) is 30.3. The second kappa shape index (κ2) is 28.2. The molecule has 466 valence electrons.